The number of nitrogens with zero attached hydrogens (tertiary/aromatic N) is 2. The van der Waals surface area contributed by atoms with Crippen LogP contribution in [0.3, 0.4) is 0 Å². The summed E-state index contributed by atoms with van der Waals surface area (Å²) in [5, 5.41) is 11.9. The zero-order chi connectivity index (χ0) is 11.2. The van der Waals surface area contributed by atoms with Crippen LogP contribution in [0.5, 0.6) is 0 Å². The molecule has 0 bridgehead atoms. The van der Waals surface area contributed by atoms with E-state index in [2.05, 4.69) is 16.4 Å². The summed E-state index contributed by atoms with van der Waals surface area (Å²) in [6.45, 7) is 0.734. The lowest BCUT2D eigenvalue weighted by atomic mass is 10.1. The molecule has 3 nitrogen and oxygen atoms in total. The molecule has 0 aliphatic heterocycles. The zero-order valence-corrected chi connectivity index (χ0v) is 8.72. The Kier molecular flexibility index (Phi) is 3.15. The van der Waals surface area contributed by atoms with Crippen molar-refractivity contribution in [2.45, 2.75) is 6.54 Å². The molecule has 0 radical (unpaired) electrons. The molecule has 0 fully saturated rings. The van der Waals surface area contributed by atoms with Gasteiger partial charge in [-0.05, 0) is 29.8 Å². The van der Waals surface area contributed by atoms with Gasteiger partial charge in [-0.2, -0.15) is 5.26 Å². The van der Waals surface area contributed by atoms with E-state index in [-0.39, 0.29) is 0 Å². The third kappa shape index (κ3) is 2.58. The maximum Gasteiger partial charge on any atom is 0.0991 e. The van der Waals surface area contributed by atoms with Crippen molar-refractivity contribution in [2.24, 2.45) is 0 Å². The van der Waals surface area contributed by atoms with Crippen LogP contribution in [0, 0.1) is 11.3 Å². The van der Waals surface area contributed by atoms with Gasteiger partial charge < -0.3 is 5.32 Å². The summed E-state index contributed by atoms with van der Waals surface area (Å²) in [4.78, 5) is 4.02. The van der Waals surface area contributed by atoms with Gasteiger partial charge in [0.2, 0.25) is 0 Å². The number of nitriles is 1. The smallest absolute Gasteiger partial charge is 0.0991 e. The molecule has 0 saturated heterocycles. The van der Waals surface area contributed by atoms with Gasteiger partial charge in [0.1, 0.15) is 0 Å². The van der Waals surface area contributed by atoms with Crippen LogP contribution in [0.2, 0.25) is 0 Å². The Labute approximate surface area is 94.4 Å². The number of benzene rings is 1. The Hall–Kier alpha value is -2.34. The number of rotatable bonds is 3. The van der Waals surface area contributed by atoms with Crippen LogP contribution in [0.25, 0.3) is 0 Å². The zero-order valence-electron chi connectivity index (χ0n) is 8.72. The summed E-state index contributed by atoms with van der Waals surface area (Å²) in [7, 11) is 0. The van der Waals surface area contributed by atoms with Gasteiger partial charge in [-0.3, -0.25) is 4.98 Å². The standard InChI is InChI=1S/C13H11N3/c14-8-11-3-5-12(6-4-11)9-16-13-2-1-7-15-10-13/h1-7,10,16H,9H2. The number of aromatic nitrogens is 1. The molecule has 0 spiro atoms. The molecular formula is C13H11N3. The predicted octanol–water partition coefficient (Wildman–Crippen LogP) is 2.57. The topological polar surface area (TPSA) is 48.7 Å². The second kappa shape index (κ2) is 4.94. The van der Waals surface area contributed by atoms with Crippen LogP contribution < -0.4 is 5.32 Å². The highest BCUT2D eigenvalue weighted by atomic mass is 14.9. The van der Waals surface area contributed by atoms with E-state index in [1.165, 1.54) is 0 Å². The molecule has 3 heteroatoms. The van der Waals surface area contributed by atoms with Gasteiger partial charge in [-0.1, -0.05) is 12.1 Å². The minimum Gasteiger partial charge on any atom is -0.380 e. The molecule has 2 aromatic rings. The Morgan fingerprint density at radius 1 is 1.19 bits per heavy atom. The SMILES string of the molecule is N#Cc1ccc(CNc2cccnc2)cc1. The average molecular weight is 209 g/mol. The molecule has 0 saturated carbocycles. The van der Waals surface area contributed by atoms with E-state index in [4.69, 9.17) is 5.26 Å². The van der Waals surface area contributed by atoms with E-state index in [0.29, 0.717) is 5.56 Å². The number of anilines is 1. The third-order valence-electron chi connectivity index (χ3n) is 2.24. The van der Waals surface area contributed by atoms with E-state index in [1.54, 1.807) is 12.4 Å². The average Bonchev–Trinajstić information content (AvgIpc) is 2.38. The first-order valence-corrected chi connectivity index (χ1v) is 5.01. The quantitative estimate of drug-likeness (QED) is 0.845. The monoisotopic (exact) mass is 209 g/mol. The van der Waals surface area contributed by atoms with Crippen LogP contribution in [-0.2, 0) is 6.54 Å². The largest absolute Gasteiger partial charge is 0.380 e. The molecule has 2 rings (SSSR count). The second-order valence-corrected chi connectivity index (χ2v) is 3.40. The van der Waals surface area contributed by atoms with Crippen molar-refractivity contribution in [3.8, 4) is 6.07 Å². The van der Waals surface area contributed by atoms with Crippen LogP contribution in [0.1, 0.15) is 11.1 Å². The Morgan fingerprint density at radius 2 is 2.00 bits per heavy atom. The van der Waals surface area contributed by atoms with Crippen LogP contribution in [-0.4, -0.2) is 4.98 Å². The number of pyridine rings is 1. The summed E-state index contributed by atoms with van der Waals surface area (Å²) in [5.74, 6) is 0. The van der Waals surface area contributed by atoms with Crippen molar-refractivity contribution in [3.63, 3.8) is 0 Å². The molecule has 1 heterocycles. The minimum atomic E-state index is 0.685. The lowest BCUT2D eigenvalue weighted by Gasteiger charge is -2.05. The van der Waals surface area contributed by atoms with E-state index >= 15 is 0 Å². The van der Waals surface area contributed by atoms with E-state index in [1.807, 2.05) is 36.4 Å². The van der Waals surface area contributed by atoms with Crippen LogP contribution >= 0.6 is 0 Å². The molecule has 0 aliphatic rings. The molecule has 78 valence electrons. The van der Waals surface area contributed by atoms with Crippen molar-refractivity contribution in [1.82, 2.24) is 4.98 Å². The molecule has 0 atom stereocenters. The Bertz CT molecular complexity index is 483. The number of hydrogen-bond acceptors (Lipinski definition) is 3. The highest BCUT2D eigenvalue weighted by Gasteiger charge is 1.94. The molecule has 0 unspecified atom stereocenters. The third-order valence-corrected chi connectivity index (χ3v) is 2.24. The van der Waals surface area contributed by atoms with Crippen LogP contribution in [0.15, 0.2) is 48.8 Å². The van der Waals surface area contributed by atoms with Gasteiger partial charge in [0, 0.05) is 18.9 Å². The Balaban J connectivity index is 1.98. The summed E-state index contributed by atoms with van der Waals surface area (Å²) in [5.41, 5.74) is 2.82. The maximum absolute atomic E-state index is 8.66. The molecule has 1 aromatic heterocycles. The lowest BCUT2D eigenvalue weighted by Crippen LogP contribution is -1.99. The second-order valence-electron chi connectivity index (χ2n) is 3.40. The van der Waals surface area contributed by atoms with E-state index in [9.17, 15) is 0 Å². The molecule has 1 N–H and O–H groups in total. The molecule has 1 aromatic carbocycles. The van der Waals surface area contributed by atoms with E-state index in [0.717, 1.165) is 17.8 Å². The normalized spacial score (nSPS) is 9.44. The minimum absolute atomic E-state index is 0.685. The fraction of sp³-hybridized carbons (Fsp3) is 0.0769. The summed E-state index contributed by atoms with van der Waals surface area (Å²) < 4.78 is 0. The maximum atomic E-state index is 8.66. The van der Waals surface area contributed by atoms with Crippen molar-refractivity contribution >= 4 is 5.69 Å². The lowest BCUT2D eigenvalue weighted by molar-refractivity contribution is 1.14. The fourth-order valence-electron chi connectivity index (χ4n) is 1.37. The summed E-state index contributed by atoms with van der Waals surface area (Å²) in [6, 6.07) is 13.5. The van der Waals surface area contributed by atoms with Crippen LogP contribution in [0.4, 0.5) is 5.69 Å². The summed E-state index contributed by atoms with van der Waals surface area (Å²) in [6.07, 6.45) is 3.52. The van der Waals surface area contributed by atoms with Gasteiger partial charge in [0.15, 0.2) is 0 Å². The molecule has 0 aliphatic carbocycles. The first kappa shape index (κ1) is 10.2. The summed E-state index contributed by atoms with van der Waals surface area (Å²) >= 11 is 0. The highest BCUT2D eigenvalue weighted by Crippen LogP contribution is 2.08. The van der Waals surface area contributed by atoms with Gasteiger partial charge in [-0.25, -0.2) is 0 Å². The van der Waals surface area contributed by atoms with Gasteiger partial charge >= 0.3 is 0 Å². The van der Waals surface area contributed by atoms with Crippen molar-refractivity contribution < 1.29 is 0 Å². The number of hydrogen-bond donors (Lipinski definition) is 1. The Morgan fingerprint density at radius 3 is 2.62 bits per heavy atom. The first-order chi connectivity index (χ1) is 7.88. The number of nitrogens with one attached hydrogen (secondary N) is 1. The predicted molar refractivity (Wildman–Crippen MR) is 62.7 cm³/mol. The first-order valence-electron chi connectivity index (χ1n) is 5.01. The van der Waals surface area contributed by atoms with Gasteiger partial charge in [0.25, 0.3) is 0 Å². The fourth-order valence-corrected chi connectivity index (χ4v) is 1.37. The van der Waals surface area contributed by atoms with Gasteiger partial charge in [-0.15, -0.1) is 0 Å². The van der Waals surface area contributed by atoms with E-state index < -0.39 is 0 Å². The molecule has 0 amide bonds. The molecular weight excluding hydrogens is 198 g/mol. The van der Waals surface area contributed by atoms with Gasteiger partial charge in [0.05, 0.1) is 17.3 Å². The highest BCUT2D eigenvalue weighted by molar-refractivity contribution is 5.41. The van der Waals surface area contributed by atoms with Crippen molar-refractivity contribution in [2.75, 3.05) is 5.32 Å². The van der Waals surface area contributed by atoms with Crippen molar-refractivity contribution in [3.05, 3.63) is 59.9 Å². The molecule has 16 heavy (non-hydrogen) atoms. The van der Waals surface area contributed by atoms with Crippen molar-refractivity contribution in [1.29, 1.82) is 5.26 Å².